The Hall–Kier alpha value is -2.17. The van der Waals surface area contributed by atoms with E-state index in [-0.39, 0.29) is 0 Å². The molecular weight excluding hydrogens is 288 g/mol. The van der Waals surface area contributed by atoms with Gasteiger partial charge in [-0.25, -0.2) is 5.48 Å². The summed E-state index contributed by atoms with van der Waals surface area (Å²) in [5.74, 6) is 0.128. The number of benzene rings is 2. The number of carbonyl (C=O) groups excluding carboxylic acids is 1. The van der Waals surface area contributed by atoms with Gasteiger partial charge in [0.15, 0.2) is 0 Å². The highest BCUT2D eigenvalue weighted by atomic mass is 16.5. The fourth-order valence-corrected chi connectivity index (χ4v) is 3.28. The second-order valence-electron chi connectivity index (χ2n) is 6.12. The molecule has 1 saturated heterocycles. The maximum atomic E-state index is 11.3. The van der Waals surface area contributed by atoms with Crippen molar-refractivity contribution >= 4 is 5.91 Å². The van der Waals surface area contributed by atoms with Crippen LogP contribution in [0.4, 0.5) is 0 Å². The van der Waals surface area contributed by atoms with Gasteiger partial charge in [0.25, 0.3) is 5.91 Å². The molecule has 0 radical (unpaired) electrons. The van der Waals surface area contributed by atoms with Crippen molar-refractivity contribution in [2.24, 2.45) is 0 Å². The molecule has 0 saturated carbocycles. The summed E-state index contributed by atoms with van der Waals surface area (Å²) in [6.07, 6.45) is 2.46. The lowest BCUT2D eigenvalue weighted by Gasteiger charge is -2.33. The van der Waals surface area contributed by atoms with Crippen molar-refractivity contribution in [1.29, 1.82) is 0 Å². The van der Waals surface area contributed by atoms with Crippen LogP contribution in [-0.2, 0) is 6.54 Å². The number of hydrogen-bond acceptors (Lipinski definition) is 3. The normalized spacial score (nSPS) is 18.6. The predicted octanol–water partition coefficient (Wildman–Crippen LogP) is 3.19. The lowest BCUT2D eigenvalue weighted by Crippen LogP contribution is -2.33. The first-order valence-corrected chi connectivity index (χ1v) is 8.07. The summed E-state index contributed by atoms with van der Waals surface area (Å²) in [6, 6.07) is 18.1. The molecule has 1 aliphatic rings. The Kier molecular flexibility index (Phi) is 5.05. The zero-order valence-corrected chi connectivity index (χ0v) is 13.1. The fraction of sp³-hybridized carbons (Fsp3) is 0.316. The summed E-state index contributed by atoms with van der Waals surface area (Å²) in [6.45, 7) is 3.08. The molecular formula is C19H22N2O2. The van der Waals surface area contributed by atoms with Crippen molar-refractivity contribution in [3.05, 3.63) is 71.3 Å². The second kappa shape index (κ2) is 7.40. The summed E-state index contributed by atoms with van der Waals surface area (Å²) in [7, 11) is 0. The van der Waals surface area contributed by atoms with Gasteiger partial charge in [0.05, 0.1) is 0 Å². The lowest BCUT2D eigenvalue weighted by atomic mass is 9.90. The number of amides is 1. The molecule has 2 aromatic carbocycles. The molecule has 2 aromatic rings. The molecule has 120 valence electrons. The zero-order chi connectivity index (χ0) is 16.1. The quantitative estimate of drug-likeness (QED) is 0.673. The van der Waals surface area contributed by atoms with E-state index in [0.717, 1.165) is 19.6 Å². The number of piperidine rings is 1. The van der Waals surface area contributed by atoms with Crippen molar-refractivity contribution < 1.29 is 10.0 Å². The van der Waals surface area contributed by atoms with E-state index >= 15 is 0 Å². The van der Waals surface area contributed by atoms with Gasteiger partial charge < -0.3 is 0 Å². The molecule has 0 spiro atoms. The fourth-order valence-electron chi connectivity index (χ4n) is 3.28. The topological polar surface area (TPSA) is 52.6 Å². The minimum absolute atomic E-state index is 0.469. The van der Waals surface area contributed by atoms with Crippen LogP contribution in [0.1, 0.15) is 40.2 Å². The molecule has 3 rings (SSSR count). The van der Waals surface area contributed by atoms with Gasteiger partial charge in [0.2, 0.25) is 0 Å². The van der Waals surface area contributed by atoms with Crippen molar-refractivity contribution in [3.8, 4) is 0 Å². The Morgan fingerprint density at radius 3 is 2.57 bits per heavy atom. The zero-order valence-electron chi connectivity index (χ0n) is 13.1. The Labute approximate surface area is 136 Å². The molecule has 1 unspecified atom stereocenters. The van der Waals surface area contributed by atoms with E-state index < -0.39 is 5.91 Å². The number of nitrogens with zero attached hydrogens (tertiary/aromatic N) is 1. The van der Waals surface area contributed by atoms with E-state index in [1.807, 2.05) is 12.1 Å². The molecule has 4 nitrogen and oxygen atoms in total. The van der Waals surface area contributed by atoms with Gasteiger partial charge in [-0.2, -0.15) is 0 Å². The third-order valence-corrected chi connectivity index (χ3v) is 4.50. The van der Waals surface area contributed by atoms with Crippen LogP contribution in [0, 0.1) is 0 Å². The van der Waals surface area contributed by atoms with E-state index in [4.69, 9.17) is 5.21 Å². The molecule has 1 atom stereocenters. The summed E-state index contributed by atoms with van der Waals surface area (Å²) in [5, 5.41) is 8.65. The summed E-state index contributed by atoms with van der Waals surface area (Å²) in [5.41, 5.74) is 4.74. The summed E-state index contributed by atoms with van der Waals surface area (Å²) < 4.78 is 0. The molecule has 2 N–H and O–H groups in total. The highest BCUT2D eigenvalue weighted by Gasteiger charge is 2.21. The van der Waals surface area contributed by atoms with E-state index in [1.165, 1.54) is 24.0 Å². The standard InChI is InChI=1S/C19H22N2O2/c22-19(20-23)17-10-8-15(9-11-17)13-21-12-4-7-18(14-21)16-5-2-1-3-6-16/h1-3,5-6,8-11,18,23H,4,7,12-14H2,(H,20,22). The number of nitrogens with one attached hydrogen (secondary N) is 1. The summed E-state index contributed by atoms with van der Waals surface area (Å²) in [4.78, 5) is 13.8. The molecule has 1 aliphatic heterocycles. The minimum atomic E-state index is -0.473. The molecule has 0 aromatic heterocycles. The Balaban J connectivity index is 1.62. The maximum Gasteiger partial charge on any atom is 0.274 e. The minimum Gasteiger partial charge on any atom is -0.298 e. The molecule has 1 heterocycles. The van der Waals surface area contributed by atoms with Crippen LogP contribution in [0.3, 0.4) is 0 Å². The van der Waals surface area contributed by atoms with Gasteiger partial charge in [-0.1, -0.05) is 42.5 Å². The number of likely N-dealkylation sites (tertiary alicyclic amines) is 1. The van der Waals surface area contributed by atoms with E-state index in [1.54, 1.807) is 17.6 Å². The van der Waals surface area contributed by atoms with E-state index in [0.29, 0.717) is 11.5 Å². The number of carbonyl (C=O) groups is 1. The van der Waals surface area contributed by atoms with Crippen LogP contribution in [0.25, 0.3) is 0 Å². The highest BCUT2D eigenvalue weighted by molar-refractivity contribution is 5.93. The van der Waals surface area contributed by atoms with Crippen LogP contribution in [0.2, 0.25) is 0 Å². The monoisotopic (exact) mass is 310 g/mol. The van der Waals surface area contributed by atoms with Gasteiger partial charge in [0, 0.05) is 18.7 Å². The average molecular weight is 310 g/mol. The number of hydrogen-bond donors (Lipinski definition) is 2. The smallest absolute Gasteiger partial charge is 0.274 e. The Morgan fingerprint density at radius 2 is 1.87 bits per heavy atom. The van der Waals surface area contributed by atoms with Crippen molar-refractivity contribution in [2.45, 2.75) is 25.3 Å². The van der Waals surface area contributed by atoms with Crippen LogP contribution < -0.4 is 5.48 Å². The molecule has 1 fully saturated rings. The second-order valence-corrected chi connectivity index (χ2v) is 6.12. The first-order valence-electron chi connectivity index (χ1n) is 8.07. The first kappa shape index (κ1) is 15.7. The SMILES string of the molecule is O=C(NO)c1ccc(CN2CCCC(c3ccccc3)C2)cc1. The van der Waals surface area contributed by atoms with Gasteiger partial charge in [-0.05, 0) is 48.6 Å². The average Bonchev–Trinajstić information content (AvgIpc) is 2.63. The Morgan fingerprint density at radius 1 is 1.13 bits per heavy atom. The van der Waals surface area contributed by atoms with Crippen LogP contribution in [0.5, 0.6) is 0 Å². The molecule has 4 heteroatoms. The van der Waals surface area contributed by atoms with E-state index in [9.17, 15) is 4.79 Å². The van der Waals surface area contributed by atoms with Crippen molar-refractivity contribution in [1.82, 2.24) is 10.4 Å². The van der Waals surface area contributed by atoms with Crippen LogP contribution >= 0.6 is 0 Å². The molecule has 23 heavy (non-hydrogen) atoms. The number of rotatable bonds is 4. The van der Waals surface area contributed by atoms with Crippen molar-refractivity contribution in [3.63, 3.8) is 0 Å². The van der Waals surface area contributed by atoms with Gasteiger partial charge in [0.1, 0.15) is 0 Å². The molecule has 0 aliphatic carbocycles. The van der Waals surface area contributed by atoms with E-state index in [2.05, 4.69) is 35.2 Å². The lowest BCUT2D eigenvalue weighted by molar-refractivity contribution is 0.0706. The van der Waals surface area contributed by atoms with Gasteiger partial charge in [-0.3, -0.25) is 14.9 Å². The van der Waals surface area contributed by atoms with Crippen LogP contribution in [0.15, 0.2) is 54.6 Å². The molecule has 0 bridgehead atoms. The largest absolute Gasteiger partial charge is 0.298 e. The van der Waals surface area contributed by atoms with Crippen molar-refractivity contribution in [2.75, 3.05) is 13.1 Å². The van der Waals surface area contributed by atoms with Crippen LogP contribution in [-0.4, -0.2) is 29.1 Å². The Bertz CT molecular complexity index is 640. The third-order valence-electron chi connectivity index (χ3n) is 4.50. The first-order chi connectivity index (χ1) is 11.3. The highest BCUT2D eigenvalue weighted by Crippen LogP contribution is 2.27. The van der Waals surface area contributed by atoms with Gasteiger partial charge in [-0.15, -0.1) is 0 Å². The summed E-state index contributed by atoms with van der Waals surface area (Å²) >= 11 is 0. The molecule has 1 amide bonds. The predicted molar refractivity (Wildman–Crippen MR) is 89.4 cm³/mol. The third kappa shape index (κ3) is 3.97. The van der Waals surface area contributed by atoms with Gasteiger partial charge >= 0.3 is 0 Å². The maximum absolute atomic E-state index is 11.3. The number of hydroxylamine groups is 1.